The van der Waals surface area contributed by atoms with E-state index in [1.54, 1.807) is 22.7 Å². The van der Waals surface area contributed by atoms with Crippen molar-refractivity contribution in [3.63, 3.8) is 0 Å². The molecule has 0 fully saturated rings. The third kappa shape index (κ3) is 2.87. The van der Waals surface area contributed by atoms with Crippen molar-refractivity contribution >= 4 is 40.7 Å². The van der Waals surface area contributed by atoms with Crippen LogP contribution in [-0.2, 0) is 9.59 Å². The van der Waals surface area contributed by atoms with E-state index in [2.05, 4.69) is 0 Å². The fraction of sp³-hybridized carbons (Fsp3) is 0.385. The lowest BCUT2D eigenvalue weighted by Gasteiger charge is -2.21. The van der Waals surface area contributed by atoms with Crippen LogP contribution in [0.15, 0.2) is 23.1 Å². The van der Waals surface area contributed by atoms with Crippen molar-refractivity contribution < 1.29 is 9.59 Å². The molecule has 2 rings (SSSR count). The second kappa shape index (κ2) is 5.33. The molecular weight excluding hydrogens is 270 g/mol. The molecule has 0 aliphatic carbocycles. The first kappa shape index (κ1) is 13.4. The van der Waals surface area contributed by atoms with Crippen molar-refractivity contribution in [3.8, 4) is 0 Å². The third-order valence-corrected chi connectivity index (χ3v) is 4.07. The summed E-state index contributed by atoms with van der Waals surface area (Å²) in [5, 5.41) is 0.831. The van der Waals surface area contributed by atoms with Crippen molar-refractivity contribution in [2.24, 2.45) is 0 Å². The zero-order valence-corrected chi connectivity index (χ0v) is 11.8. The number of anilines is 1. The molecule has 1 aliphatic heterocycles. The number of carbonyl (C=O) groups excluding carboxylic acids is 2. The number of halogens is 1. The van der Waals surface area contributed by atoms with E-state index in [1.807, 2.05) is 19.1 Å². The number of amides is 1. The maximum absolute atomic E-state index is 12.1. The summed E-state index contributed by atoms with van der Waals surface area (Å²) in [5.41, 5.74) is 0.786. The Morgan fingerprint density at radius 1 is 1.56 bits per heavy atom. The summed E-state index contributed by atoms with van der Waals surface area (Å²) in [6.45, 7) is 3.62. The van der Waals surface area contributed by atoms with Gasteiger partial charge in [-0.25, -0.2) is 0 Å². The number of Topliss-reactive ketones (excluding diaryl/α,β-unsaturated/α-hetero) is 1. The minimum Gasteiger partial charge on any atom is -0.304 e. The number of hydrogen-bond donors (Lipinski definition) is 0. The highest BCUT2D eigenvalue weighted by molar-refractivity contribution is 8.00. The van der Waals surface area contributed by atoms with E-state index in [-0.39, 0.29) is 23.5 Å². The van der Waals surface area contributed by atoms with E-state index in [4.69, 9.17) is 11.6 Å². The summed E-state index contributed by atoms with van der Waals surface area (Å²) in [4.78, 5) is 26.0. The standard InChI is InChI=1S/C13H14ClNO2S/c1-8(16)7-15-11-4-3-10(14)6-12(11)18-9(2)5-13(15)17/h3-4,6,9H,5,7H2,1-2H3. The fourth-order valence-electron chi connectivity index (χ4n) is 1.95. The average molecular weight is 284 g/mol. The van der Waals surface area contributed by atoms with Crippen molar-refractivity contribution in [3.05, 3.63) is 23.2 Å². The highest BCUT2D eigenvalue weighted by Crippen LogP contribution is 2.39. The van der Waals surface area contributed by atoms with Gasteiger partial charge in [-0.3, -0.25) is 9.59 Å². The van der Waals surface area contributed by atoms with Crippen molar-refractivity contribution in [1.82, 2.24) is 0 Å². The molecule has 1 aromatic carbocycles. The Kier molecular flexibility index (Phi) is 3.97. The van der Waals surface area contributed by atoms with Crippen LogP contribution in [0, 0.1) is 0 Å². The van der Waals surface area contributed by atoms with Crippen LogP contribution >= 0.6 is 23.4 Å². The van der Waals surface area contributed by atoms with E-state index in [1.165, 1.54) is 6.92 Å². The van der Waals surface area contributed by atoms with Crippen LogP contribution < -0.4 is 4.90 Å². The molecule has 1 aliphatic rings. The van der Waals surface area contributed by atoms with Gasteiger partial charge in [0, 0.05) is 21.6 Å². The number of hydrogen-bond acceptors (Lipinski definition) is 3. The monoisotopic (exact) mass is 283 g/mol. The lowest BCUT2D eigenvalue weighted by molar-refractivity contribution is -0.121. The number of carbonyl (C=O) groups is 2. The first-order valence-electron chi connectivity index (χ1n) is 5.73. The van der Waals surface area contributed by atoms with Crippen molar-refractivity contribution in [2.45, 2.75) is 30.4 Å². The maximum Gasteiger partial charge on any atom is 0.228 e. The smallest absolute Gasteiger partial charge is 0.228 e. The third-order valence-electron chi connectivity index (χ3n) is 2.68. The van der Waals surface area contributed by atoms with E-state index >= 15 is 0 Å². The SMILES string of the molecule is CC(=O)CN1C(=O)CC(C)Sc2cc(Cl)ccc21. The molecule has 0 radical (unpaired) electrons. The Hall–Kier alpha value is -1.00. The predicted octanol–water partition coefficient (Wildman–Crippen LogP) is 3.15. The molecule has 0 N–H and O–H groups in total. The minimum atomic E-state index is -0.0243. The van der Waals surface area contributed by atoms with Crippen LogP contribution in [0.4, 0.5) is 5.69 Å². The normalized spacial score (nSPS) is 19.4. The molecular formula is C13H14ClNO2S. The molecule has 18 heavy (non-hydrogen) atoms. The van der Waals surface area contributed by atoms with E-state index in [9.17, 15) is 9.59 Å². The summed E-state index contributed by atoms with van der Waals surface area (Å²) < 4.78 is 0. The molecule has 0 bridgehead atoms. The molecule has 1 amide bonds. The molecule has 96 valence electrons. The quantitative estimate of drug-likeness (QED) is 0.837. The van der Waals surface area contributed by atoms with Gasteiger partial charge in [-0.2, -0.15) is 0 Å². The number of benzene rings is 1. The molecule has 1 heterocycles. The molecule has 1 atom stereocenters. The molecule has 3 nitrogen and oxygen atoms in total. The Balaban J connectivity index is 2.46. The summed E-state index contributed by atoms with van der Waals surface area (Å²) >= 11 is 7.61. The van der Waals surface area contributed by atoms with E-state index in [0.29, 0.717) is 11.4 Å². The predicted molar refractivity (Wildman–Crippen MR) is 74.4 cm³/mol. The van der Waals surface area contributed by atoms with Crippen LogP contribution in [-0.4, -0.2) is 23.5 Å². The van der Waals surface area contributed by atoms with Crippen LogP contribution in [0.2, 0.25) is 5.02 Å². The Morgan fingerprint density at radius 2 is 2.28 bits per heavy atom. The first-order chi connectivity index (χ1) is 8.47. The number of thioether (sulfide) groups is 1. The van der Waals surface area contributed by atoms with Gasteiger partial charge in [-0.1, -0.05) is 18.5 Å². The van der Waals surface area contributed by atoms with Gasteiger partial charge < -0.3 is 4.90 Å². The number of fused-ring (bicyclic) bond motifs is 1. The number of rotatable bonds is 2. The molecule has 5 heteroatoms. The summed E-state index contributed by atoms with van der Waals surface area (Å²) in [7, 11) is 0. The Bertz CT molecular complexity index is 504. The van der Waals surface area contributed by atoms with E-state index in [0.717, 1.165) is 10.6 Å². The van der Waals surface area contributed by atoms with Crippen molar-refractivity contribution in [2.75, 3.05) is 11.4 Å². The van der Waals surface area contributed by atoms with E-state index < -0.39 is 0 Å². The summed E-state index contributed by atoms with van der Waals surface area (Å²) in [6.07, 6.45) is 0.435. The zero-order chi connectivity index (χ0) is 13.3. The number of ketones is 1. The zero-order valence-electron chi connectivity index (χ0n) is 10.3. The van der Waals surface area contributed by atoms with Gasteiger partial charge in [0.25, 0.3) is 0 Å². The summed E-state index contributed by atoms with van der Waals surface area (Å²) in [6, 6.07) is 5.41. The average Bonchev–Trinajstić information content (AvgIpc) is 2.35. The van der Waals surface area contributed by atoms with Gasteiger partial charge in [-0.15, -0.1) is 11.8 Å². The minimum absolute atomic E-state index is 0.00808. The van der Waals surface area contributed by atoms with Gasteiger partial charge >= 0.3 is 0 Å². The van der Waals surface area contributed by atoms with Crippen molar-refractivity contribution in [1.29, 1.82) is 0 Å². The van der Waals surface area contributed by atoms with Gasteiger partial charge in [0.1, 0.15) is 5.78 Å². The van der Waals surface area contributed by atoms with Gasteiger partial charge in [-0.05, 0) is 25.1 Å². The first-order valence-corrected chi connectivity index (χ1v) is 6.99. The maximum atomic E-state index is 12.1. The van der Waals surface area contributed by atoms with Crippen LogP contribution in [0.3, 0.4) is 0 Å². The molecule has 0 saturated carbocycles. The topological polar surface area (TPSA) is 37.4 Å². The highest BCUT2D eigenvalue weighted by atomic mass is 35.5. The number of nitrogens with zero attached hydrogens (tertiary/aromatic N) is 1. The Morgan fingerprint density at radius 3 is 2.94 bits per heavy atom. The molecule has 0 aromatic heterocycles. The second-order valence-electron chi connectivity index (χ2n) is 4.43. The van der Waals surface area contributed by atoms with Gasteiger partial charge in [0.05, 0.1) is 12.2 Å². The molecule has 1 unspecified atom stereocenters. The van der Waals surface area contributed by atoms with Gasteiger partial charge in [0.2, 0.25) is 5.91 Å². The molecule has 0 saturated heterocycles. The highest BCUT2D eigenvalue weighted by Gasteiger charge is 2.27. The Labute approximate surface area is 115 Å². The lowest BCUT2D eigenvalue weighted by atomic mass is 10.2. The van der Waals surface area contributed by atoms with Crippen LogP contribution in [0.5, 0.6) is 0 Å². The fourth-order valence-corrected chi connectivity index (χ4v) is 3.34. The molecule has 1 aromatic rings. The second-order valence-corrected chi connectivity index (χ2v) is 6.34. The molecule has 0 spiro atoms. The van der Waals surface area contributed by atoms with Gasteiger partial charge in [0.15, 0.2) is 0 Å². The lowest BCUT2D eigenvalue weighted by Crippen LogP contribution is -2.35. The summed E-state index contributed by atoms with van der Waals surface area (Å²) in [5.74, 6) is -0.0323. The largest absolute Gasteiger partial charge is 0.304 e. The van der Waals surface area contributed by atoms with Crippen LogP contribution in [0.25, 0.3) is 0 Å². The van der Waals surface area contributed by atoms with Crippen LogP contribution in [0.1, 0.15) is 20.3 Å².